The summed E-state index contributed by atoms with van der Waals surface area (Å²) in [5.41, 5.74) is 2.60. The van der Waals surface area contributed by atoms with Gasteiger partial charge < -0.3 is 20.0 Å². The van der Waals surface area contributed by atoms with E-state index >= 15 is 0 Å². The maximum absolute atomic E-state index is 12.3. The number of carbonyl (C=O) groups is 1. The third kappa shape index (κ3) is 4.16. The van der Waals surface area contributed by atoms with Crippen LogP contribution in [0, 0.1) is 6.92 Å². The van der Waals surface area contributed by atoms with Gasteiger partial charge in [-0.15, -0.1) is 0 Å². The van der Waals surface area contributed by atoms with Gasteiger partial charge in [0.2, 0.25) is 0 Å². The van der Waals surface area contributed by atoms with E-state index in [-0.39, 0.29) is 6.03 Å². The number of urea groups is 1. The fraction of sp³-hybridized carbons (Fsp3) is 0.611. The van der Waals surface area contributed by atoms with Crippen LogP contribution in [0.2, 0.25) is 0 Å². The van der Waals surface area contributed by atoms with Crippen LogP contribution < -0.4 is 10.2 Å². The van der Waals surface area contributed by atoms with Crippen molar-refractivity contribution >= 4 is 11.7 Å². The first-order valence-electron chi connectivity index (χ1n) is 8.80. The zero-order valence-electron chi connectivity index (χ0n) is 14.1. The standard InChI is InChI=1S/C18H28N4O/c1-16-6-2-3-7-17(16)21-12-14-22(15-13-21)18(23)19-8-11-20-9-4-5-10-20/h2-3,6-7H,4-5,8-15H2,1H3,(H,19,23). The SMILES string of the molecule is Cc1ccccc1N1CCN(C(=O)NCCN2CCCC2)CC1. The van der Waals surface area contributed by atoms with Gasteiger partial charge in [-0.05, 0) is 44.5 Å². The van der Waals surface area contributed by atoms with Gasteiger partial charge in [0.15, 0.2) is 0 Å². The third-order valence-electron chi connectivity index (χ3n) is 4.93. The van der Waals surface area contributed by atoms with Gasteiger partial charge >= 0.3 is 6.03 Å². The molecule has 5 nitrogen and oxygen atoms in total. The average molecular weight is 316 g/mol. The van der Waals surface area contributed by atoms with Crippen molar-refractivity contribution in [2.24, 2.45) is 0 Å². The number of hydrogen-bond acceptors (Lipinski definition) is 3. The molecule has 2 aliphatic rings. The van der Waals surface area contributed by atoms with Crippen molar-refractivity contribution in [2.45, 2.75) is 19.8 Å². The fourth-order valence-electron chi connectivity index (χ4n) is 3.51. The van der Waals surface area contributed by atoms with Gasteiger partial charge in [-0.1, -0.05) is 18.2 Å². The van der Waals surface area contributed by atoms with Gasteiger partial charge in [0.05, 0.1) is 0 Å². The number of likely N-dealkylation sites (tertiary alicyclic amines) is 1. The lowest BCUT2D eigenvalue weighted by atomic mass is 10.1. The Labute approximate surface area is 139 Å². The predicted octanol–water partition coefficient (Wildman–Crippen LogP) is 1.92. The maximum Gasteiger partial charge on any atom is 0.317 e. The molecular weight excluding hydrogens is 288 g/mol. The topological polar surface area (TPSA) is 38.8 Å². The molecule has 126 valence electrons. The van der Waals surface area contributed by atoms with Crippen LogP contribution in [0.3, 0.4) is 0 Å². The summed E-state index contributed by atoms with van der Waals surface area (Å²) < 4.78 is 0. The molecule has 2 aliphatic heterocycles. The van der Waals surface area contributed by atoms with E-state index in [4.69, 9.17) is 0 Å². The molecule has 1 aromatic rings. The summed E-state index contributed by atoms with van der Waals surface area (Å²) in [5, 5.41) is 3.07. The minimum atomic E-state index is 0.0913. The molecule has 0 atom stereocenters. The van der Waals surface area contributed by atoms with E-state index in [0.29, 0.717) is 0 Å². The molecule has 2 amide bonds. The monoisotopic (exact) mass is 316 g/mol. The van der Waals surface area contributed by atoms with Crippen LogP contribution in [0.1, 0.15) is 18.4 Å². The minimum Gasteiger partial charge on any atom is -0.368 e. The van der Waals surface area contributed by atoms with Gasteiger partial charge in [-0.25, -0.2) is 4.79 Å². The van der Waals surface area contributed by atoms with Gasteiger partial charge in [-0.3, -0.25) is 0 Å². The second kappa shape index (κ2) is 7.68. The fourth-order valence-corrected chi connectivity index (χ4v) is 3.51. The largest absolute Gasteiger partial charge is 0.368 e. The first-order valence-corrected chi connectivity index (χ1v) is 8.80. The molecule has 0 radical (unpaired) electrons. The molecule has 0 spiro atoms. The molecular formula is C18H28N4O. The van der Waals surface area contributed by atoms with Crippen molar-refractivity contribution in [1.29, 1.82) is 0 Å². The van der Waals surface area contributed by atoms with Crippen LogP contribution in [-0.4, -0.2) is 68.2 Å². The maximum atomic E-state index is 12.3. The number of piperazine rings is 1. The molecule has 0 saturated carbocycles. The zero-order chi connectivity index (χ0) is 16.1. The molecule has 23 heavy (non-hydrogen) atoms. The number of para-hydroxylation sites is 1. The molecule has 2 fully saturated rings. The van der Waals surface area contributed by atoms with Gasteiger partial charge in [-0.2, -0.15) is 0 Å². The summed E-state index contributed by atoms with van der Waals surface area (Å²) in [7, 11) is 0. The van der Waals surface area contributed by atoms with Gasteiger partial charge in [0.1, 0.15) is 0 Å². The summed E-state index contributed by atoms with van der Waals surface area (Å²) in [5.74, 6) is 0. The number of hydrogen-bond donors (Lipinski definition) is 1. The molecule has 1 aromatic carbocycles. The number of rotatable bonds is 4. The number of aryl methyl sites for hydroxylation is 1. The van der Waals surface area contributed by atoms with Gasteiger partial charge in [0.25, 0.3) is 0 Å². The first-order chi connectivity index (χ1) is 11.2. The first kappa shape index (κ1) is 16.1. The van der Waals surface area contributed by atoms with E-state index < -0.39 is 0 Å². The number of amides is 2. The Morgan fingerprint density at radius 2 is 1.74 bits per heavy atom. The van der Waals surface area contributed by atoms with Crippen molar-refractivity contribution < 1.29 is 4.79 Å². The van der Waals surface area contributed by atoms with E-state index in [1.807, 2.05) is 4.90 Å². The minimum absolute atomic E-state index is 0.0913. The third-order valence-corrected chi connectivity index (χ3v) is 4.93. The van der Waals surface area contributed by atoms with E-state index in [0.717, 1.165) is 39.3 Å². The summed E-state index contributed by atoms with van der Waals surface area (Å²) in [6.07, 6.45) is 2.60. The molecule has 0 unspecified atom stereocenters. The molecule has 2 saturated heterocycles. The molecule has 0 aromatic heterocycles. The predicted molar refractivity (Wildman–Crippen MR) is 94.0 cm³/mol. The molecule has 3 rings (SSSR count). The molecule has 0 aliphatic carbocycles. The Bertz CT molecular complexity index is 520. The number of carbonyl (C=O) groups excluding carboxylic acids is 1. The van der Waals surface area contributed by atoms with Crippen LogP contribution >= 0.6 is 0 Å². The Morgan fingerprint density at radius 3 is 2.43 bits per heavy atom. The lowest BCUT2D eigenvalue weighted by Gasteiger charge is -2.36. The summed E-state index contributed by atoms with van der Waals surface area (Å²) >= 11 is 0. The second-order valence-corrected chi connectivity index (χ2v) is 6.54. The highest BCUT2D eigenvalue weighted by Gasteiger charge is 2.22. The summed E-state index contributed by atoms with van der Waals surface area (Å²) in [6.45, 7) is 9.66. The zero-order valence-corrected chi connectivity index (χ0v) is 14.1. The van der Waals surface area contributed by atoms with E-state index in [1.54, 1.807) is 0 Å². The highest BCUT2D eigenvalue weighted by atomic mass is 16.2. The van der Waals surface area contributed by atoms with Crippen LogP contribution in [0.25, 0.3) is 0 Å². The van der Waals surface area contributed by atoms with Crippen molar-refractivity contribution in [1.82, 2.24) is 15.1 Å². The Balaban J connectivity index is 1.41. The van der Waals surface area contributed by atoms with E-state index in [1.165, 1.54) is 37.2 Å². The number of nitrogens with one attached hydrogen (secondary N) is 1. The van der Waals surface area contributed by atoms with Crippen LogP contribution in [0.4, 0.5) is 10.5 Å². The van der Waals surface area contributed by atoms with Crippen LogP contribution in [-0.2, 0) is 0 Å². The summed E-state index contributed by atoms with van der Waals surface area (Å²) in [6, 6.07) is 8.56. The molecule has 0 bridgehead atoms. The average Bonchev–Trinajstić information content (AvgIpc) is 3.09. The number of anilines is 1. The normalized spacial score (nSPS) is 19.2. The quantitative estimate of drug-likeness (QED) is 0.922. The second-order valence-electron chi connectivity index (χ2n) is 6.54. The Hall–Kier alpha value is -1.75. The summed E-state index contributed by atoms with van der Waals surface area (Å²) in [4.78, 5) is 19.0. The smallest absolute Gasteiger partial charge is 0.317 e. The van der Waals surface area contributed by atoms with Crippen molar-refractivity contribution in [3.63, 3.8) is 0 Å². The van der Waals surface area contributed by atoms with Gasteiger partial charge in [0, 0.05) is 45.0 Å². The number of nitrogens with zero attached hydrogens (tertiary/aromatic N) is 3. The highest BCUT2D eigenvalue weighted by molar-refractivity contribution is 5.74. The highest BCUT2D eigenvalue weighted by Crippen LogP contribution is 2.20. The Kier molecular flexibility index (Phi) is 5.39. The molecule has 1 N–H and O–H groups in total. The lowest BCUT2D eigenvalue weighted by molar-refractivity contribution is 0.192. The lowest BCUT2D eigenvalue weighted by Crippen LogP contribution is -2.52. The van der Waals surface area contributed by atoms with Crippen molar-refractivity contribution in [3.05, 3.63) is 29.8 Å². The molecule has 2 heterocycles. The van der Waals surface area contributed by atoms with E-state index in [2.05, 4.69) is 46.3 Å². The number of benzene rings is 1. The van der Waals surface area contributed by atoms with Crippen LogP contribution in [0.5, 0.6) is 0 Å². The molecule has 5 heteroatoms. The van der Waals surface area contributed by atoms with Crippen molar-refractivity contribution in [3.8, 4) is 0 Å². The van der Waals surface area contributed by atoms with Crippen molar-refractivity contribution in [2.75, 3.05) is 57.3 Å². The Morgan fingerprint density at radius 1 is 1.04 bits per heavy atom. The van der Waals surface area contributed by atoms with E-state index in [9.17, 15) is 4.79 Å². The van der Waals surface area contributed by atoms with Crippen LogP contribution in [0.15, 0.2) is 24.3 Å².